The summed E-state index contributed by atoms with van der Waals surface area (Å²) in [5.41, 5.74) is 5.73. The maximum absolute atomic E-state index is 6.14. The molecule has 0 aliphatic carbocycles. The number of hydrogen-bond donors (Lipinski definition) is 0. The van der Waals surface area contributed by atoms with Crippen molar-refractivity contribution in [1.29, 1.82) is 0 Å². The lowest BCUT2D eigenvalue weighted by molar-refractivity contribution is 0.422. The average Bonchev–Trinajstić information content (AvgIpc) is 2.74. The molecule has 3 aromatic rings. The lowest BCUT2D eigenvalue weighted by Gasteiger charge is -2.35. The molecule has 4 rings (SSSR count). The van der Waals surface area contributed by atoms with E-state index in [1.165, 1.54) is 11.1 Å². The van der Waals surface area contributed by atoms with Crippen LogP contribution in [0.2, 0.25) is 0 Å². The van der Waals surface area contributed by atoms with Gasteiger partial charge in [-0.2, -0.15) is 0 Å². The zero-order valence-corrected chi connectivity index (χ0v) is 15.7. The molecule has 3 aromatic carbocycles. The van der Waals surface area contributed by atoms with Crippen LogP contribution < -0.4 is 9.64 Å². The normalized spacial score (nSPS) is 16.3. The summed E-state index contributed by atoms with van der Waals surface area (Å²) in [4.78, 5) is 2.28. The average molecular weight is 353 g/mol. The van der Waals surface area contributed by atoms with Gasteiger partial charge in [-0.15, -0.1) is 0 Å². The highest BCUT2D eigenvalue weighted by Gasteiger charge is 2.27. The molecule has 1 heterocycles. The lowest BCUT2D eigenvalue weighted by Crippen LogP contribution is -2.25. The molecule has 2 heteroatoms. The zero-order chi connectivity index (χ0) is 18.6. The minimum absolute atomic E-state index is 0.881. The van der Waals surface area contributed by atoms with E-state index in [-0.39, 0.29) is 0 Å². The topological polar surface area (TPSA) is 12.5 Å². The molecule has 0 saturated carbocycles. The van der Waals surface area contributed by atoms with E-state index in [0.717, 1.165) is 35.0 Å². The molecule has 0 amide bonds. The van der Waals surface area contributed by atoms with Gasteiger partial charge in [0.2, 0.25) is 0 Å². The number of benzene rings is 3. The molecule has 0 bridgehead atoms. The first-order chi connectivity index (χ1) is 13.3. The molecule has 0 fully saturated rings. The number of para-hydroxylation sites is 2. The molecule has 134 valence electrons. The predicted octanol–water partition coefficient (Wildman–Crippen LogP) is 7.08. The number of ether oxygens (including phenoxy) is 1. The van der Waals surface area contributed by atoms with Gasteiger partial charge in [0.1, 0.15) is 5.76 Å². The Kier molecular flexibility index (Phi) is 4.80. The first-order valence-corrected chi connectivity index (χ1v) is 9.41. The van der Waals surface area contributed by atoms with Gasteiger partial charge in [-0.1, -0.05) is 67.6 Å². The van der Waals surface area contributed by atoms with Crippen molar-refractivity contribution in [3.8, 4) is 16.9 Å². The van der Waals surface area contributed by atoms with E-state index < -0.39 is 0 Å². The standard InChI is InChI=1S/C25H23NO/c1-3-10-22-24(4-2)27-25-14-9-8-13-23(25)26(22)21-17-15-20(16-18-21)19-11-6-5-7-12-19/h4-18H,3H2,1-2H3/b22-10+,24-4+. The summed E-state index contributed by atoms with van der Waals surface area (Å²) >= 11 is 0. The van der Waals surface area contributed by atoms with Crippen LogP contribution in [0.4, 0.5) is 11.4 Å². The van der Waals surface area contributed by atoms with E-state index in [9.17, 15) is 0 Å². The molecule has 0 radical (unpaired) electrons. The van der Waals surface area contributed by atoms with Crippen molar-refractivity contribution < 1.29 is 4.74 Å². The van der Waals surface area contributed by atoms with Gasteiger partial charge in [-0.05, 0) is 54.8 Å². The second kappa shape index (κ2) is 7.55. The third-order valence-corrected chi connectivity index (χ3v) is 4.71. The molecule has 0 N–H and O–H groups in total. The van der Waals surface area contributed by atoms with Crippen LogP contribution in [0.3, 0.4) is 0 Å². The van der Waals surface area contributed by atoms with Gasteiger partial charge >= 0.3 is 0 Å². The molecule has 0 atom stereocenters. The van der Waals surface area contributed by atoms with Gasteiger partial charge in [0.05, 0.1) is 11.4 Å². The highest BCUT2D eigenvalue weighted by molar-refractivity contribution is 5.79. The van der Waals surface area contributed by atoms with E-state index >= 15 is 0 Å². The van der Waals surface area contributed by atoms with Crippen molar-refractivity contribution in [2.24, 2.45) is 0 Å². The van der Waals surface area contributed by atoms with Crippen molar-refractivity contribution in [2.75, 3.05) is 4.90 Å². The number of rotatable bonds is 3. The molecule has 0 saturated heterocycles. The number of allylic oxidation sites excluding steroid dienone is 2. The Labute approximate surface area is 161 Å². The molecule has 27 heavy (non-hydrogen) atoms. The van der Waals surface area contributed by atoms with Crippen LogP contribution in [0.5, 0.6) is 5.75 Å². The van der Waals surface area contributed by atoms with E-state index in [1.807, 2.05) is 31.2 Å². The Morgan fingerprint density at radius 1 is 0.815 bits per heavy atom. The van der Waals surface area contributed by atoms with Gasteiger partial charge in [0, 0.05) is 5.69 Å². The van der Waals surface area contributed by atoms with E-state index in [1.54, 1.807) is 0 Å². The summed E-state index contributed by atoms with van der Waals surface area (Å²) in [6.45, 7) is 4.17. The van der Waals surface area contributed by atoms with E-state index in [0.29, 0.717) is 0 Å². The molecule has 0 unspecified atom stereocenters. The monoisotopic (exact) mass is 353 g/mol. The Balaban J connectivity index is 1.81. The first-order valence-electron chi connectivity index (χ1n) is 9.41. The smallest absolute Gasteiger partial charge is 0.151 e. The minimum atomic E-state index is 0.881. The van der Waals surface area contributed by atoms with Gasteiger partial charge in [-0.3, -0.25) is 0 Å². The number of anilines is 2. The quantitative estimate of drug-likeness (QED) is 0.499. The molecule has 1 aliphatic heterocycles. The largest absolute Gasteiger partial charge is 0.453 e. The van der Waals surface area contributed by atoms with Gasteiger partial charge in [0.15, 0.2) is 5.75 Å². The number of nitrogens with zero attached hydrogens (tertiary/aromatic N) is 1. The predicted molar refractivity (Wildman–Crippen MR) is 113 cm³/mol. The summed E-state index contributed by atoms with van der Waals surface area (Å²) in [5.74, 6) is 1.77. The Morgan fingerprint density at radius 3 is 2.19 bits per heavy atom. The second-order valence-corrected chi connectivity index (χ2v) is 6.47. The van der Waals surface area contributed by atoms with Gasteiger partial charge in [-0.25, -0.2) is 0 Å². The fourth-order valence-corrected chi connectivity index (χ4v) is 3.44. The highest BCUT2D eigenvalue weighted by atomic mass is 16.5. The first kappa shape index (κ1) is 17.2. The number of fused-ring (bicyclic) bond motifs is 1. The van der Waals surface area contributed by atoms with Crippen LogP contribution in [0.25, 0.3) is 11.1 Å². The van der Waals surface area contributed by atoms with Gasteiger partial charge in [0.25, 0.3) is 0 Å². The molecular weight excluding hydrogens is 330 g/mol. The Hall–Kier alpha value is -3.26. The Bertz CT molecular complexity index is 984. The maximum Gasteiger partial charge on any atom is 0.151 e. The molecule has 0 aromatic heterocycles. The van der Waals surface area contributed by atoms with Crippen LogP contribution >= 0.6 is 0 Å². The third-order valence-electron chi connectivity index (χ3n) is 4.71. The molecule has 1 aliphatic rings. The van der Waals surface area contributed by atoms with Gasteiger partial charge < -0.3 is 9.64 Å². The van der Waals surface area contributed by atoms with Crippen LogP contribution in [0.15, 0.2) is 102 Å². The fraction of sp³-hybridized carbons (Fsp3) is 0.120. The van der Waals surface area contributed by atoms with Crippen LogP contribution in [-0.4, -0.2) is 0 Å². The van der Waals surface area contributed by atoms with Crippen LogP contribution in [0.1, 0.15) is 20.3 Å². The fourth-order valence-electron chi connectivity index (χ4n) is 3.44. The van der Waals surface area contributed by atoms with Crippen molar-refractivity contribution in [2.45, 2.75) is 20.3 Å². The van der Waals surface area contributed by atoms with E-state index in [2.05, 4.69) is 78.6 Å². The summed E-state index contributed by atoms with van der Waals surface area (Å²) in [5, 5.41) is 0. The summed E-state index contributed by atoms with van der Waals surface area (Å²) in [6.07, 6.45) is 5.19. The molecular formula is C25H23NO. The van der Waals surface area contributed by atoms with Crippen LogP contribution in [0, 0.1) is 0 Å². The summed E-state index contributed by atoms with van der Waals surface area (Å²) in [7, 11) is 0. The SMILES string of the molecule is C/C=C1/Oc2ccccc2N(c2ccc(-c3ccccc3)cc2)/C1=C/CC. The lowest BCUT2D eigenvalue weighted by atomic mass is 10.0. The minimum Gasteiger partial charge on any atom is -0.453 e. The second-order valence-electron chi connectivity index (χ2n) is 6.47. The van der Waals surface area contributed by atoms with Crippen molar-refractivity contribution in [3.05, 3.63) is 102 Å². The van der Waals surface area contributed by atoms with Crippen LogP contribution in [-0.2, 0) is 0 Å². The van der Waals surface area contributed by atoms with Crippen molar-refractivity contribution in [1.82, 2.24) is 0 Å². The van der Waals surface area contributed by atoms with E-state index in [4.69, 9.17) is 4.74 Å². The summed E-state index contributed by atoms with van der Waals surface area (Å²) < 4.78 is 6.14. The highest BCUT2D eigenvalue weighted by Crippen LogP contribution is 2.44. The number of hydrogen-bond acceptors (Lipinski definition) is 2. The zero-order valence-electron chi connectivity index (χ0n) is 15.7. The Morgan fingerprint density at radius 2 is 1.48 bits per heavy atom. The third kappa shape index (κ3) is 3.26. The van der Waals surface area contributed by atoms with Crippen molar-refractivity contribution in [3.63, 3.8) is 0 Å². The maximum atomic E-state index is 6.14. The molecule has 0 spiro atoms. The van der Waals surface area contributed by atoms with Crippen molar-refractivity contribution >= 4 is 11.4 Å². The molecule has 2 nitrogen and oxygen atoms in total. The summed E-state index contributed by atoms with van der Waals surface area (Å²) in [6, 6.07) is 27.4.